The Bertz CT molecular complexity index is 1130. The summed E-state index contributed by atoms with van der Waals surface area (Å²) in [7, 11) is 0. The molecule has 190 valence electrons. The maximum Gasteiger partial charge on any atom is 0.340 e. The molecule has 0 bridgehead atoms. The molecule has 1 aliphatic rings. The number of benzene rings is 3. The van der Waals surface area contributed by atoms with Gasteiger partial charge in [-0.1, -0.05) is 36.4 Å². The average Bonchev–Trinajstić information content (AvgIpc) is 2.91. The summed E-state index contributed by atoms with van der Waals surface area (Å²) in [4.78, 5) is 14.0. The van der Waals surface area contributed by atoms with Crippen molar-refractivity contribution in [1.82, 2.24) is 0 Å². The van der Waals surface area contributed by atoms with Gasteiger partial charge >= 0.3 is 5.97 Å². The van der Waals surface area contributed by atoms with Crippen molar-refractivity contribution in [1.29, 1.82) is 0 Å². The first-order valence-electron chi connectivity index (χ1n) is 12.4. The fourth-order valence-electron chi connectivity index (χ4n) is 4.28. The summed E-state index contributed by atoms with van der Waals surface area (Å²) < 4.78 is 17.2. The lowest BCUT2D eigenvalue weighted by Gasteiger charge is -2.31. The van der Waals surface area contributed by atoms with Crippen LogP contribution in [-0.4, -0.2) is 44.0 Å². The van der Waals surface area contributed by atoms with E-state index < -0.39 is 11.6 Å². The number of carbonyl (C=O) groups is 1. The van der Waals surface area contributed by atoms with Crippen LogP contribution in [0.4, 0.5) is 11.4 Å². The molecule has 36 heavy (non-hydrogen) atoms. The van der Waals surface area contributed by atoms with Crippen LogP contribution in [0.25, 0.3) is 0 Å². The molecule has 3 aromatic rings. The molecule has 4 rings (SSSR count). The van der Waals surface area contributed by atoms with Gasteiger partial charge in [-0.15, -0.1) is 0 Å². The SMILES string of the molecule is CCOC(C)(C(=O)O)c1ccc(NCc2ccc(OCCCN3CCOc4ccccc43)cc2)cc1. The largest absolute Gasteiger partial charge is 0.494 e. The highest BCUT2D eigenvalue weighted by molar-refractivity contribution is 5.79. The Kier molecular flexibility index (Phi) is 8.33. The number of hydrogen-bond donors (Lipinski definition) is 2. The monoisotopic (exact) mass is 490 g/mol. The first-order valence-corrected chi connectivity index (χ1v) is 12.4. The third-order valence-corrected chi connectivity index (χ3v) is 6.36. The number of fused-ring (bicyclic) bond motifs is 1. The van der Waals surface area contributed by atoms with Gasteiger partial charge in [0.25, 0.3) is 0 Å². The van der Waals surface area contributed by atoms with E-state index in [9.17, 15) is 9.90 Å². The topological polar surface area (TPSA) is 80.3 Å². The molecule has 7 nitrogen and oxygen atoms in total. The van der Waals surface area contributed by atoms with E-state index in [0.29, 0.717) is 31.9 Å². The number of nitrogens with one attached hydrogen (secondary N) is 1. The minimum Gasteiger partial charge on any atom is -0.494 e. The molecule has 0 radical (unpaired) electrons. The second kappa shape index (κ2) is 11.8. The highest BCUT2D eigenvalue weighted by Gasteiger charge is 2.35. The Hall–Kier alpha value is -3.71. The van der Waals surface area contributed by atoms with E-state index in [1.54, 1.807) is 26.0 Å². The van der Waals surface area contributed by atoms with Crippen LogP contribution < -0.4 is 19.7 Å². The standard InChI is InChI=1S/C29H34N2O5/c1-3-36-29(2,28(32)33)23-11-13-24(14-12-23)30-21-22-9-15-25(16-10-22)34-19-6-17-31-18-20-35-27-8-5-4-7-26(27)31/h4-5,7-16,30H,3,6,17-21H2,1-2H3,(H,32,33). The number of para-hydroxylation sites is 2. The third kappa shape index (κ3) is 6.10. The van der Waals surface area contributed by atoms with Crippen molar-refractivity contribution >= 4 is 17.3 Å². The summed E-state index contributed by atoms with van der Waals surface area (Å²) in [5, 5.41) is 12.9. The maximum atomic E-state index is 11.7. The molecular formula is C29H34N2O5. The molecule has 0 aromatic heterocycles. The Morgan fingerprint density at radius 1 is 1.08 bits per heavy atom. The number of anilines is 2. The molecule has 0 saturated carbocycles. The normalized spacial score (nSPS) is 14.3. The number of aliphatic carboxylic acids is 1. The van der Waals surface area contributed by atoms with Gasteiger partial charge in [0.1, 0.15) is 18.1 Å². The van der Waals surface area contributed by atoms with Crippen molar-refractivity contribution in [2.75, 3.05) is 43.1 Å². The fraction of sp³-hybridized carbons (Fsp3) is 0.345. The minimum absolute atomic E-state index is 0.324. The zero-order valence-corrected chi connectivity index (χ0v) is 20.9. The quantitative estimate of drug-likeness (QED) is 0.333. The van der Waals surface area contributed by atoms with Gasteiger partial charge in [-0.05, 0) is 67.8 Å². The van der Waals surface area contributed by atoms with Crippen molar-refractivity contribution < 1.29 is 24.1 Å². The van der Waals surface area contributed by atoms with Gasteiger partial charge in [-0.2, -0.15) is 0 Å². The number of carboxylic acids is 1. The lowest BCUT2D eigenvalue weighted by molar-refractivity contribution is -0.164. The van der Waals surface area contributed by atoms with Crippen molar-refractivity contribution in [2.45, 2.75) is 32.4 Å². The summed E-state index contributed by atoms with van der Waals surface area (Å²) in [5.41, 5.74) is 2.45. The minimum atomic E-state index is -1.35. The van der Waals surface area contributed by atoms with Gasteiger partial charge in [0.2, 0.25) is 0 Å². The molecule has 3 aromatic carbocycles. The van der Waals surface area contributed by atoms with Crippen LogP contribution in [-0.2, 0) is 21.7 Å². The van der Waals surface area contributed by atoms with Gasteiger partial charge in [-0.25, -0.2) is 4.79 Å². The van der Waals surface area contributed by atoms with Gasteiger partial charge in [-0.3, -0.25) is 0 Å². The lowest BCUT2D eigenvalue weighted by Crippen LogP contribution is -2.35. The van der Waals surface area contributed by atoms with E-state index in [1.807, 2.05) is 54.6 Å². The summed E-state index contributed by atoms with van der Waals surface area (Å²) in [5.74, 6) is 0.808. The average molecular weight is 491 g/mol. The Morgan fingerprint density at radius 3 is 2.56 bits per heavy atom. The highest BCUT2D eigenvalue weighted by atomic mass is 16.5. The van der Waals surface area contributed by atoms with E-state index in [1.165, 1.54) is 0 Å². The molecular weight excluding hydrogens is 456 g/mol. The van der Waals surface area contributed by atoms with Gasteiger partial charge in [0.15, 0.2) is 5.60 Å². The molecule has 2 N–H and O–H groups in total. The first kappa shape index (κ1) is 25.4. The van der Waals surface area contributed by atoms with E-state index in [0.717, 1.165) is 47.9 Å². The number of nitrogens with zero attached hydrogens (tertiary/aromatic N) is 1. The Balaban J connectivity index is 1.22. The van der Waals surface area contributed by atoms with Gasteiger partial charge < -0.3 is 29.5 Å². The fourth-order valence-corrected chi connectivity index (χ4v) is 4.28. The molecule has 0 amide bonds. The van der Waals surface area contributed by atoms with E-state index >= 15 is 0 Å². The number of rotatable bonds is 12. The zero-order chi connectivity index (χ0) is 25.4. The Labute approximate surface area is 212 Å². The summed E-state index contributed by atoms with van der Waals surface area (Å²) >= 11 is 0. The van der Waals surface area contributed by atoms with E-state index in [-0.39, 0.29) is 0 Å². The van der Waals surface area contributed by atoms with Crippen LogP contribution >= 0.6 is 0 Å². The van der Waals surface area contributed by atoms with Crippen LogP contribution in [0.1, 0.15) is 31.4 Å². The predicted octanol–water partition coefficient (Wildman–Crippen LogP) is 5.30. The highest BCUT2D eigenvalue weighted by Crippen LogP contribution is 2.31. The number of ether oxygens (including phenoxy) is 3. The molecule has 1 heterocycles. The molecule has 1 atom stereocenters. The smallest absolute Gasteiger partial charge is 0.340 e. The summed E-state index contributed by atoms with van der Waals surface area (Å²) in [6.07, 6.45) is 0.928. The molecule has 0 fully saturated rings. The van der Waals surface area contributed by atoms with Crippen LogP contribution in [0, 0.1) is 0 Å². The lowest BCUT2D eigenvalue weighted by atomic mass is 9.95. The van der Waals surface area contributed by atoms with Crippen molar-refractivity contribution in [3.05, 3.63) is 83.9 Å². The second-order valence-corrected chi connectivity index (χ2v) is 8.85. The van der Waals surface area contributed by atoms with Gasteiger partial charge in [0, 0.05) is 25.4 Å². The number of hydrogen-bond acceptors (Lipinski definition) is 6. The van der Waals surface area contributed by atoms with E-state index in [2.05, 4.69) is 16.3 Å². The van der Waals surface area contributed by atoms with Crippen molar-refractivity contribution in [3.63, 3.8) is 0 Å². The summed E-state index contributed by atoms with van der Waals surface area (Å²) in [6, 6.07) is 23.6. The first-order chi connectivity index (χ1) is 17.5. The van der Waals surface area contributed by atoms with Crippen LogP contribution in [0.5, 0.6) is 11.5 Å². The van der Waals surface area contributed by atoms with Crippen LogP contribution in [0.3, 0.4) is 0 Å². The van der Waals surface area contributed by atoms with Gasteiger partial charge in [0.05, 0.1) is 18.8 Å². The summed E-state index contributed by atoms with van der Waals surface area (Å²) in [6.45, 7) is 7.53. The zero-order valence-electron chi connectivity index (χ0n) is 20.9. The molecule has 0 aliphatic carbocycles. The maximum absolute atomic E-state index is 11.7. The predicted molar refractivity (Wildman–Crippen MR) is 141 cm³/mol. The second-order valence-electron chi connectivity index (χ2n) is 8.85. The van der Waals surface area contributed by atoms with E-state index in [4.69, 9.17) is 14.2 Å². The Morgan fingerprint density at radius 2 is 1.83 bits per heavy atom. The molecule has 1 aliphatic heterocycles. The molecule has 7 heteroatoms. The third-order valence-electron chi connectivity index (χ3n) is 6.36. The number of carboxylic acid groups (broad SMARTS) is 1. The molecule has 1 unspecified atom stereocenters. The van der Waals surface area contributed by atoms with Crippen LogP contribution in [0.15, 0.2) is 72.8 Å². The van der Waals surface area contributed by atoms with Crippen molar-refractivity contribution in [3.8, 4) is 11.5 Å². The molecule has 0 saturated heterocycles. The molecule has 0 spiro atoms. The van der Waals surface area contributed by atoms with Crippen LogP contribution in [0.2, 0.25) is 0 Å². The van der Waals surface area contributed by atoms with Crippen molar-refractivity contribution in [2.24, 2.45) is 0 Å².